The predicted octanol–water partition coefficient (Wildman–Crippen LogP) is 4.15. The third kappa shape index (κ3) is 4.28. The van der Waals surface area contributed by atoms with Crippen molar-refractivity contribution in [1.82, 2.24) is 19.7 Å². The van der Waals surface area contributed by atoms with Crippen molar-refractivity contribution in [3.8, 4) is 16.9 Å². The fourth-order valence-corrected chi connectivity index (χ4v) is 4.51. The lowest BCUT2D eigenvalue weighted by atomic mass is 10.1. The van der Waals surface area contributed by atoms with E-state index in [1.165, 1.54) is 6.07 Å². The molecule has 0 aliphatic carbocycles. The van der Waals surface area contributed by atoms with Crippen LogP contribution in [0.4, 0.5) is 4.39 Å². The van der Waals surface area contributed by atoms with Crippen molar-refractivity contribution < 1.29 is 18.7 Å². The van der Waals surface area contributed by atoms with Crippen LogP contribution in [0.5, 0.6) is 5.75 Å². The van der Waals surface area contributed by atoms with Crippen LogP contribution in [0.3, 0.4) is 0 Å². The second kappa shape index (κ2) is 9.30. The fourth-order valence-electron chi connectivity index (χ4n) is 4.51. The Morgan fingerprint density at radius 1 is 1.15 bits per heavy atom. The molecule has 2 aromatic heterocycles. The molecule has 1 N–H and O–H groups in total. The molecule has 4 aromatic rings. The average Bonchev–Trinajstić information content (AvgIpc) is 3.45. The molecule has 7 nitrogen and oxygen atoms in total. The van der Waals surface area contributed by atoms with E-state index in [0.29, 0.717) is 36.6 Å². The Morgan fingerprint density at radius 3 is 2.59 bits per heavy atom. The van der Waals surface area contributed by atoms with Crippen LogP contribution in [-0.4, -0.2) is 46.6 Å². The molecule has 0 spiro atoms. The molecule has 0 atom stereocenters. The number of nitrogens with zero attached hydrogens (tertiary/aromatic N) is 3. The first-order chi connectivity index (χ1) is 16.5. The SMILES string of the molecule is COc1ccc(F)c2c(C(=O)NC3CCOCC3)cn(Cc3ccc(-c4cnn(C)c4)cc3)c12. The maximum atomic E-state index is 15.0. The van der Waals surface area contributed by atoms with Crippen molar-refractivity contribution in [2.45, 2.75) is 25.4 Å². The van der Waals surface area contributed by atoms with Gasteiger partial charge in [0.15, 0.2) is 0 Å². The molecule has 5 rings (SSSR count). The van der Waals surface area contributed by atoms with Crippen LogP contribution < -0.4 is 10.1 Å². The minimum atomic E-state index is -0.446. The minimum Gasteiger partial charge on any atom is -0.495 e. The molecule has 1 amide bonds. The number of carbonyl (C=O) groups excluding carboxylic acids is 1. The number of amides is 1. The van der Waals surface area contributed by atoms with E-state index in [0.717, 1.165) is 29.5 Å². The molecular weight excluding hydrogens is 435 g/mol. The number of ether oxygens (including phenoxy) is 2. The Hall–Kier alpha value is -3.65. The minimum absolute atomic E-state index is 0.0216. The van der Waals surface area contributed by atoms with E-state index in [1.807, 2.05) is 48.3 Å². The molecule has 2 aromatic carbocycles. The summed E-state index contributed by atoms with van der Waals surface area (Å²) in [4.78, 5) is 13.2. The maximum absolute atomic E-state index is 15.0. The van der Waals surface area contributed by atoms with E-state index in [1.54, 1.807) is 24.1 Å². The summed E-state index contributed by atoms with van der Waals surface area (Å²) in [6.45, 7) is 1.70. The summed E-state index contributed by atoms with van der Waals surface area (Å²) in [6.07, 6.45) is 7.01. The smallest absolute Gasteiger partial charge is 0.253 e. The number of rotatable bonds is 6. The zero-order valence-electron chi connectivity index (χ0n) is 19.3. The number of fused-ring (bicyclic) bond motifs is 1. The number of aryl methyl sites for hydroxylation is 1. The van der Waals surface area contributed by atoms with Gasteiger partial charge in [-0.3, -0.25) is 9.48 Å². The lowest BCUT2D eigenvalue weighted by Crippen LogP contribution is -2.38. The summed E-state index contributed by atoms with van der Waals surface area (Å²) in [6, 6.07) is 11.1. The summed E-state index contributed by atoms with van der Waals surface area (Å²) in [7, 11) is 3.44. The summed E-state index contributed by atoms with van der Waals surface area (Å²) < 4.78 is 29.6. The van der Waals surface area contributed by atoms with Gasteiger partial charge in [0, 0.05) is 50.8 Å². The molecule has 3 heterocycles. The molecule has 1 aliphatic heterocycles. The lowest BCUT2D eigenvalue weighted by Gasteiger charge is -2.23. The third-order valence-corrected chi connectivity index (χ3v) is 6.30. The molecule has 34 heavy (non-hydrogen) atoms. The molecule has 1 saturated heterocycles. The molecule has 1 aliphatic rings. The second-order valence-electron chi connectivity index (χ2n) is 8.60. The summed E-state index contributed by atoms with van der Waals surface area (Å²) in [5, 5.41) is 7.55. The van der Waals surface area contributed by atoms with Crippen molar-refractivity contribution in [3.63, 3.8) is 0 Å². The van der Waals surface area contributed by atoms with Crippen LogP contribution >= 0.6 is 0 Å². The van der Waals surface area contributed by atoms with Gasteiger partial charge in [0.1, 0.15) is 11.6 Å². The lowest BCUT2D eigenvalue weighted by molar-refractivity contribution is 0.0697. The van der Waals surface area contributed by atoms with Crippen molar-refractivity contribution in [2.75, 3.05) is 20.3 Å². The highest BCUT2D eigenvalue weighted by atomic mass is 19.1. The van der Waals surface area contributed by atoms with Crippen LogP contribution in [-0.2, 0) is 18.3 Å². The van der Waals surface area contributed by atoms with Gasteiger partial charge in [0.2, 0.25) is 0 Å². The van der Waals surface area contributed by atoms with Crippen molar-refractivity contribution in [1.29, 1.82) is 0 Å². The third-order valence-electron chi connectivity index (χ3n) is 6.30. The molecule has 176 valence electrons. The molecule has 0 radical (unpaired) electrons. The maximum Gasteiger partial charge on any atom is 0.253 e. The Bertz CT molecular complexity index is 1320. The van der Waals surface area contributed by atoms with E-state index >= 15 is 4.39 Å². The Labute approximate surface area is 197 Å². The second-order valence-corrected chi connectivity index (χ2v) is 8.60. The normalized spacial score (nSPS) is 14.4. The fraction of sp³-hybridized carbons (Fsp3) is 0.308. The average molecular weight is 463 g/mol. The Kier molecular flexibility index (Phi) is 6.06. The van der Waals surface area contributed by atoms with E-state index < -0.39 is 5.82 Å². The van der Waals surface area contributed by atoms with E-state index in [4.69, 9.17) is 9.47 Å². The van der Waals surface area contributed by atoms with E-state index in [2.05, 4.69) is 10.4 Å². The van der Waals surface area contributed by atoms with Crippen LogP contribution in [0.15, 0.2) is 55.0 Å². The topological polar surface area (TPSA) is 70.3 Å². The number of nitrogens with one attached hydrogen (secondary N) is 1. The van der Waals surface area contributed by atoms with Crippen molar-refractivity contribution in [2.24, 2.45) is 7.05 Å². The van der Waals surface area contributed by atoms with Gasteiger partial charge < -0.3 is 19.4 Å². The van der Waals surface area contributed by atoms with Gasteiger partial charge in [-0.25, -0.2) is 4.39 Å². The number of aromatic nitrogens is 3. The Balaban J connectivity index is 1.49. The first-order valence-corrected chi connectivity index (χ1v) is 11.4. The highest BCUT2D eigenvalue weighted by molar-refractivity contribution is 6.08. The number of benzene rings is 2. The van der Waals surface area contributed by atoms with Gasteiger partial charge in [0.05, 0.1) is 29.8 Å². The van der Waals surface area contributed by atoms with E-state index in [9.17, 15) is 4.79 Å². The standard InChI is InChI=1S/C26H27FN4O3/c1-30-15-19(13-28-30)18-5-3-17(4-6-18)14-31-16-21(26(32)29-20-9-11-34-12-10-20)24-22(27)7-8-23(33-2)25(24)31/h3-8,13,15-16,20H,9-12,14H2,1-2H3,(H,29,32). The van der Waals surface area contributed by atoms with Crippen molar-refractivity contribution >= 4 is 16.8 Å². The molecule has 0 saturated carbocycles. The number of methoxy groups -OCH3 is 1. The summed E-state index contributed by atoms with van der Waals surface area (Å²) in [5.74, 6) is -0.207. The highest BCUT2D eigenvalue weighted by Crippen LogP contribution is 2.33. The Morgan fingerprint density at radius 2 is 1.91 bits per heavy atom. The monoisotopic (exact) mass is 462 g/mol. The van der Waals surface area contributed by atoms with Gasteiger partial charge in [-0.15, -0.1) is 0 Å². The summed E-state index contributed by atoms with van der Waals surface area (Å²) in [5.41, 5.74) is 4.00. The molecule has 0 bridgehead atoms. The number of halogens is 1. The first kappa shape index (κ1) is 22.2. The highest BCUT2D eigenvalue weighted by Gasteiger charge is 2.24. The number of hydrogen-bond donors (Lipinski definition) is 1. The molecule has 0 unspecified atom stereocenters. The van der Waals surface area contributed by atoms with E-state index in [-0.39, 0.29) is 17.3 Å². The number of carbonyl (C=O) groups is 1. The van der Waals surface area contributed by atoms with Gasteiger partial charge in [-0.2, -0.15) is 5.10 Å². The molecular formula is C26H27FN4O3. The quantitative estimate of drug-likeness (QED) is 0.468. The number of hydrogen-bond acceptors (Lipinski definition) is 4. The van der Waals surface area contributed by atoms with Crippen molar-refractivity contribution in [3.05, 3.63) is 71.9 Å². The first-order valence-electron chi connectivity index (χ1n) is 11.4. The van der Waals surface area contributed by atoms with Gasteiger partial charge in [0.25, 0.3) is 5.91 Å². The largest absolute Gasteiger partial charge is 0.495 e. The van der Waals surface area contributed by atoms with Gasteiger partial charge in [-0.05, 0) is 36.1 Å². The summed E-state index contributed by atoms with van der Waals surface area (Å²) >= 11 is 0. The van der Waals surface area contributed by atoms with Crippen LogP contribution in [0.25, 0.3) is 22.0 Å². The van der Waals surface area contributed by atoms with Gasteiger partial charge in [-0.1, -0.05) is 24.3 Å². The van der Waals surface area contributed by atoms with Gasteiger partial charge >= 0.3 is 0 Å². The predicted molar refractivity (Wildman–Crippen MR) is 128 cm³/mol. The van der Waals surface area contributed by atoms with Crippen LogP contribution in [0, 0.1) is 5.82 Å². The zero-order valence-corrected chi connectivity index (χ0v) is 19.3. The van der Waals surface area contributed by atoms with Crippen LogP contribution in [0.2, 0.25) is 0 Å². The molecule has 1 fully saturated rings. The zero-order chi connectivity index (χ0) is 23.7. The molecule has 8 heteroatoms. The van der Waals surface area contributed by atoms with Crippen LogP contribution in [0.1, 0.15) is 28.8 Å².